The summed E-state index contributed by atoms with van der Waals surface area (Å²) in [6, 6.07) is 9.78. The van der Waals surface area contributed by atoms with Gasteiger partial charge in [-0.2, -0.15) is 5.10 Å². The average Bonchev–Trinajstić information content (AvgIpc) is 3.18. The summed E-state index contributed by atoms with van der Waals surface area (Å²) in [5, 5.41) is 4.10. The Labute approximate surface area is 176 Å². The molecule has 0 saturated heterocycles. The van der Waals surface area contributed by atoms with Crippen LogP contribution in [-0.2, 0) is 16.4 Å². The van der Waals surface area contributed by atoms with Gasteiger partial charge in [0.1, 0.15) is 5.82 Å². The van der Waals surface area contributed by atoms with E-state index in [-0.39, 0.29) is 16.4 Å². The van der Waals surface area contributed by atoms with Gasteiger partial charge in [-0.15, -0.1) is 0 Å². The monoisotopic (exact) mass is 395 g/mol. The lowest BCUT2D eigenvalue weighted by molar-refractivity contribution is 0.355. The number of nitrogens with zero attached hydrogens (tertiary/aromatic N) is 5. The van der Waals surface area contributed by atoms with Crippen molar-refractivity contribution in [2.45, 2.75) is 78.7 Å². The number of rotatable bonds is 0. The van der Waals surface area contributed by atoms with Crippen molar-refractivity contribution in [1.29, 1.82) is 0 Å². The lowest BCUT2D eigenvalue weighted by atomic mass is 9.92. The van der Waals surface area contributed by atoms with Crippen molar-refractivity contribution in [3.63, 3.8) is 0 Å². The molecule has 29 heavy (non-hydrogen) atoms. The second-order valence-electron chi connectivity index (χ2n) is 9.91. The quantitative estimate of drug-likeness (QED) is 0.483. The lowest BCUT2D eigenvalue weighted by Gasteiger charge is -2.18. The van der Waals surface area contributed by atoms with Crippen molar-refractivity contribution in [1.82, 2.24) is 24.7 Å². The van der Waals surface area contributed by atoms with Crippen LogP contribution in [0.25, 0.3) is 0 Å². The maximum Gasteiger partial charge on any atom is 0.133 e. The summed E-state index contributed by atoms with van der Waals surface area (Å²) in [6.45, 7) is 19.2. The van der Waals surface area contributed by atoms with E-state index in [1.807, 2.05) is 41.3 Å². The molecule has 3 aromatic rings. The van der Waals surface area contributed by atoms with Crippen LogP contribution in [0.2, 0.25) is 0 Å². The van der Waals surface area contributed by atoms with E-state index in [1.165, 1.54) is 0 Å². The lowest BCUT2D eigenvalue weighted by Crippen LogP contribution is -2.21. The molecular formula is C24H37N5. The van der Waals surface area contributed by atoms with Gasteiger partial charge in [-0.05, 0) is 45.0 Å². The maximum absolute atomic E-state index is 4.25. The second kappa shape index (κ2) is 10.3. The average molecular weight is 396 g/mol. The van der Waals surface area contributed by atoms with Gasteiger partial charge in [-0.1, -0.05) is 47.6 Å². The molecule has 3 aromatic heterocycles. The predicted octanol–water partition coefficient (Wildman–Crippen LogP) is 5.79. The van der Waals surface area contributed by atoms with E-state index < -0.39 is 0 Å². The molecule has 0 N–H and O–H groups in total. The van der Waals surface area contributed by atoms with E-state index in [0.717, 1.165) is 11.5 Å². The molecule has 0 spiro atoms. The molecule has 0 saturated carbocycles. The summed E-state index contributed by atoms with van der Waals surface area (Å²) >= 11 is 0. The highest BCUT2D eigenvalue weighted by Crippen LogP contribution is 2.18. The van der Waals surface area contributed by atoms with Gasteiger partial charge < -0.3 is 0 Å². The van der Waals surface area contributed by atoms with Crippen molar-refractivity contribution in [3.8, 4) is 0 Å². The standard InChI is InChI=1S/C9H13N.C8H12N2.C7H12N2/c1-9(2,3)8-6-4-5-7-10-8;1-8(2,3)7-9-5-4-6-10-7;1-7(2,3)9-6-4-5-8-9/h4-7H,1-3H3;4-6H,1-3H3;4-6H,1-3H3. The molecule has 0 aliphatic heterocycles. The summed E-state index contributed by atoms with van der Waals surface area (Å²) in [5.74, 6) is 0.898. The molecule has 5 heteroatoms. The van der Waals surface area contributed by atoms with E-state index in [1.54, 1.807) is 18.6 Å². The van der Waals surface area contributed by atoms with Crippen molar-refractivity contribution in [3.05, 3.63) is 72.8 Å². The van der Waals surface area contributed by atoms with Crippen LogP contribution in [0.15, 0.2) is 61.3 Å². The fraction of sp³-hybridized carbons (Fsp3) is 0.500. The van der Waals surface area contributed by atoms with Crippen LogP contribution in [0.4, 0.5) is 0 Å². The Bertz CT molecular complexity index is 741. The van der Waals surface area contributed by atoms with Crippen LogP contribution in [-0.4, -0.2) is 24.7 Å². The van der Waals surface area contributed by atoms with Crippen LogP contribution < -0.4 is 0 Å². The molecule has 0 bridgehead atoms. The summed E-state index contributed by atoms with van der Waals surface area (Å²) in [4.78, 5) is 12.5. The zero-order chi connectivity index (χ0) is 22.1. The molecule has 0 fully saturated rings. The molecule has 0 aromatic carbocycles. The topological polar surface area (TPSA) is 56.5 Å². The van der Waals surface area contributed by atoms with Gasteiger partial charge in [0, 0.05) is 47.5 Å². The van der Waals surface area contributed by atoms with Gasteiger partial charge in [0.2, 0.25) is 0 Å². The van der Waals surface area contributed by atoms with E-state index >= 15 is 0 Å². The minimum atomic E-state index is 0.0707. The minimum Gasteiger partial charge on any atom is -0.268 e. The number of hydrogen-bond acceptors (Lipinski definition) is 4. The smallest absolute Gasteiger partial charge is 0.133 e. The summed E-state index contributed by atoms with van der Waals surface area (Å²) in [6.07, 6.45) is 9.15. The SMILES string of the molecule is CC(C)(C)c1ccccn1.CC(C)(C)c1ncccn1.CC(C)(C)n1cccn1. The highest BCUT2D eigenvalue weighted by atomic mass is 15.3. The normalized spacial score (nSPS) is 11.6. The molecule has 3 heterocycles. The van der Waals surface area contributed by atoms with Gasteiger partial charge in [0.25, 0.3) is 0 Å². The minimum absolute atomic E-state index is 0.0707. The maximum atomic E-state index is 4.25. The molecule has 0 amide bonds. The zero-order valence-corrected chi connectivity index (χ0v) is 19.5. The Morgan fingerprint density at radius 1 is 0.621 bits per heavy atom. The number of hydrogen-bond donors (Lipinski definition) is 0. The molecular weight excluding hydrogens is 358 g/mol. The molecule has 5 nitrogen and oxygen atoms in total. The third-order valence-electron chi connectivity index (χ3n) is 3.86. The third kappa shape index (κ3) is 9.46. The Balaban J connectivity index is 0.000000218. The van der Waals surface area contributed by atoms with Gasteiger partial charge in [0.05, 0.1) is 5.54 Å². The van der Waals surface area contributed by atoms with Crippen molar-refractivity contribution in [2.24, 2.45) is 0 Å². The highest BCUT2D eigenvalue weighted by Gasteiger charge is 2.15. The van der Waals surface area contributed by atoms with E-state index in [4.69, 9.17) is 0 Å². The fourth-order valence-electron chi connectivity index (χ4n) is 2.16. The molecule has 0 unspecified atom stereocenters. The number of aromatic nitrogens is 5. The largest absolute Gasteiger partial charge is 0.268 e. The van der Waals surface area contributed by atoms with Crippen LogP contribution in [0.5, 0.6) is 0 Å². The first-order valence-electron chi connectivity index (χ1n) is 10.0. The first-order chi connectivity index (χ1) is 13.3. The van der Waals surface area contributed by atoms with Gasteiger partial charge >= 0.3 is 0 Å². The first kappa shape index (κ1) is 24.5. The third-order valence-corrected chi connectivity index (χ3v) is 3.86. The zero-order valence-electron chi connectivity index (χ0n) is 19.5. The van der Waals surface area contributed by atoms with Gasteiger partial charge in [-0.3, -0.25) is 9.67 Å². The fourth-order valence-corrected chi connectivity index (χ4v) is 2.16. The van der Waals surface area contributed by atoms with E-state index in [9.17, 15) is 0 Å². The van der Waals surface area contributed by atoms with Crippen molar-refractivity contribution in [2.75, 3.05) is 0 Å². The van der Waals surface area contributed by atoms with Crippen LogP contribution in [0.1, 0.15) is 73.8 Å². The summed E-state index contributed by atoms with van der Waals surface area (Å²) < 4.78 is 1.94. The molecule has 0 aliphatic carbocycles. The highest BCUT2D eigenvalue weighted by molar-refractivity contribution is 5.12. The van der Waals surface area contributed by atoms with Crippen LogP contribution in [0, 0.1) is 0 Å². The van der Waals surface area contributed by atoms with Gasteiger partial charge in [0.15, 0.2) is 0 Å². The second-order valence-corrected chi connectivity index (χ2v) is 9.91. The van der Waals surface area contributed by atoms with Crippen molar-refractivity contribution < 1.29 is 0 Å². The first-order valence-corrected chi connectivity index (χ1v) is 10.0. The van der Waals surface area contributed by atoms with Crippen molar-refractivity contribution >= 4 is 0 Å². The Morgan fingerprint density at radius 3 is 1.48 bits per heavy atom. The van der Waals surface area contributed by atoms with Crippen LogP contribution in [0.3, 0.4) is 0 Å². The molecule has 158 valence electrons. The Kier molecular flexibility index (Phi) is 8.68. The molecule has 0 radical (unpaired) electrons. The van der Waals surface area contributed by atoms with E-state index in [2.05, 4.69) is 88.4 Å². The molecule has 0 aliphatic rings. The predicted molar refractivity (Wildman–Crippen MR) is 121 cm³/mol. The molecule has 3 rings (SSSR count). The summed E-state index contributed by atoms with van der Waals surface area (Å²) in [5.41, 5.74) is 1.53. The Hall–Kier alpha value is -2.56. The molecule has 0 atom stereocenters. The number of pyridine rings is 1. The Morgan fingerprint density at radius 2 is 1.21 bits per heavy atom. The van der Waals surface area contributed by atoms with Crippen LogP contribution >= 0.6 is 0 Å². The van der Waals surface area contributed by atoms with Gasteiger partial charge in [-0.25, -0.2) is 9.97 Å². The summed E-state index contributed by atoms with van der Waals surface area (Å²) in [7, 11) is 0. The van der Waals surface area contributed by atoms with E-state index in [0.29, 0.717) is 0 Å².